The van der Waals surface area contributed by atoms with Gasteiger partial charge in [-0.2, -0.15) is 51.7 Å². The first-order chi connectivity index (χ1) is 61.7. The number of nitrogens with one attached hydrogen (secondary N) is 9. The van der Waals surface area contributed by atoms with Crippen molar-refractivity contribution < 1.29 is 66.3 Å². The quantitative estimate of drug-likeness (QED) is 0.00465. The number of carbonyl (C=O) groups excluding carboxylic acids is 2. The number of nitro groups is 2. The van der Waals surface area contributed by atoms with Crippen molar-refractivity contribution in [2.75, 3.05) is 113 Å². The molecule has 0 aliphatic carbocycles. The molecule has 0 aliphatic heterocycles. The molecule has 2 amide bonds. The van der Waals surface area contributed by atoms with Crippen LogP contribution < -0.4 is 51.2 Å². The fraction of sp³-hybridized carbons (Fsp3) is 0.438. The van der Waals surface area contributed by atoms with Crippen LogP contribution in [0.4, 0.5) is 59.1 Å². The molecule has 0 saturated heterocycles. The summed E-state index contributed by atoms with van der Waals surface area (Å²) in [6, 6.07) is 18.5. The van der Waals surface area contributed by atoms with Crippen LogP contribution in [-0.4, -0.2) is 192 Å². The summed E-state index contributed by atoms with van der Waals surface area (Å²) in [5.74, 6) is 3.56. The molecule has 0 spiro atoms. The summed E-state index contributed by atoms with van der Waals surface area (Å²) >= 11 is 20.4. The maximum absolute atomic E-state index is 12.8. The molecule has 37 nitrogen and oxygen atoms in total. The zero-order valence-electron chi connectivity index (χ0n) is 75.3. The van der Waals surface area contributed by atoms with Gasteiger partial charge in [0.2, 0.25) is 80.2 Å². The van der Waals surface area contributed by atoms with Gasteiger partial charge in [0.25, 0.3) is 17.5 Å². The zero-order chi connectivity index (χ0) is 99.9. The molecule has 130 heavy (non-hydrogen) atoms. The standard InChI is InChI=1S/C11H15N3O2S.C11H14N2O3S.C10H14N4O2S.C8H7FN2O3.C8H7FN2O2S.C8H14N4S.C6H8ClN3.C6H7FN2O2S.C3H9N.3C3H8S/c1-4-7-14-10-6-5-9(8-11(10)12-2)17(15,16)13-3;1-3-6-17-10-5-4-8(11(14)12-2)7-9(10)13(15)16;1-4-5-13-10-9(11-2)6-8(7-14-10)17(15,16)12-3;1-10-8(12)5-2-3-6(9)7(4-5)11(13)14;1-10-8-5-6(3-4-7(8)9)14(12,13)11-2;1-3-5-13-8-11-6-10-7(12-8)9-4-2;1-2-3-5-8-4-9-6(7)10-5;1-8-12(10,11)5-2-3-6(7)9-4-5;4*1-2-3-4/h5-6,8,13-14H,4,7H2,1,3H3;4-5,7H,3,6H2,1-2H3,(H,12,14);6-7,12H,4-5H2,1,3H3,(H,13,14);2-4H,1H3,(H,10,12);3-5,11H,2H3;6H,3-5H2,1-2H3,(H,9,10,11,12);4H,2-3H2,1H3;2-4,8H,1H3;2-4H2,1H3;3*4H,2-3H2,1H3. The van der Waals surface area contributed by atoms with E-state index in [1.807, 2.05) is 27.7 Å². The number of nitro benzene ring substituents is 2. The van der Waals surface area contributed by atoms with Gasteiger partial charge in [-0.15, -0.1) is 11.8 Å². The predicted molar refractivity (Wildman–Crippen MR) is 522 cm³/mol. The molecule has 8 aromatic rings. The number of thiol groups is 3. The number of anilines is 3. The van der Waals surface area contributed by atoms with E-state index < -0.39 is 79.1 Å². The highest BCUT2D eigenvalue weighted by Crippen LogP contribution is 2.32. The number of pyridine rings is 2. The highest BCUT2D eigenvalue weighted by Gasteiger charge is 2.21. The molecule has 0 bridgehead atoms. The number of amides is 2. The number of rotatable bonds is 32. The number of sulfonamides is 4. The van der Waals surface area contributed by atoms with Crippen LogP contribution in [-0.2, 0) is 46.5 Å². The SMILES string of the molecule is CCCN.CCCS.CCCS.CCCS.CCCSc1ccc(C(=O)NC)cc1[N+](=O)[O-].CCCSc1ncnc(NCC)n1.CCCc1ncnc(Cl)n1.CNC(=O)c1ccc(F)c([N+](=O)[O-])c1.CNS(=O)(=O)c1ccc(F)nc1.[C-]#[N+]c1cc(S(=O)(=O)NC)ccc1F.[C-]#[N+]c1cc(S(=O)(=O)NC)ccc1NCCC.[C-]#[N+]c1cc(S(=O)(=O)NC)cnc1NCCC. The van der Waals surface area contributed by atoms with E-state index in [9.17, 15) is 76.7 Å². The van der Waals surface area contributed by atoms with E-state index >= 15 is 0 Å². The Kier molecular flexibility index (Phi) is 72.8. The van der Waals surface area contributed by atoms with Gasteiger partial charge < -0.3 is 32.3 Å². The minimum atomic E-state index is -3.61. The lowest BCUT2D eigenvalue weighted by Gasteiger charge is -2.09. The summed E-state index contributed by atoms with van der Waals surface area (Å²) in [6.45, 7) is 44.4. The Morgan fingerprint density at radius 1 is 0.485 bits per heavy atom. The lowest BCUT2D eigenvalue weighted by Crippen LogP contribution is -2.18. The van der Waals surface area contributed by atoms with Gasteiger partial charge in [-0.25, -0.2) is 106 Å². The van der Waals surface area contributed by atoms with Crippen LogP contribution in [0.3, 0.4) is 0 Å². The van der Waals surface area contributed by atoms with Crippen molar-refractivity contribution >= 4 is 171 Å². The van der Waals surface area contributed by atoms with Crippen molar-refractivity contribution in [2.45, 2.75) is 163 Å². The zero-order valence-corrected chi connectivity index (χ0v) is 83.7. The first kappa shape index (κ1) is 127. The Labute approximate surface area is 793 Å². The van der Waals surface area contributed by atoms with Gasteiger partial charge in [0, 0.05) is 81.0 Å². The number of benzene rings is 4. The van der Waals surface area contributed by atoms with Gasteiger partial charge in [0.1, 0.15) is 35.0 Å². The van der Waals surface area contributed by atoms with Gasteiger partial charge in [0.15, 0.2) is 5.16 Å². The number of hydrogen-bond acceptors (Lipinski definition) is 31. The van der Waals surface area contributed by atoms with Crippen LogP contribution in [0.25, 0.3) is 14.5 Å². The molecule has 0 aliphatic rings. The third-order valence-electron chi connectivity index (χ3n) is 14.3. The van der Waals surface area contributed by atoms with Gasteiger partial charge in [-0.05, 0) is 213 Å². The number of nitrogens with zero attached hydrogens (tertiary/aromatic N) is 13. The Hall–Kier alpha value is -9.76. The van der Waals surface area contributed by atoms with Gasteiger partial charge in [-0.3, -0.25) is 29.8 Å². The molecule has 0 atom stereocenters. The number of halogens is 4. The normalized spacial score (nSPS) is 10.1. The smallest absolute Gasteiger partial charge is 0.305 e. The van der Waals surface area contributed by atoms with Gasteiger partial charge >= 0.3 is 5.69 Å². The van der Waals surface area contributed by atoms with Crippen LogP contribution in [0, 0.1) is 57.5 Å². The molecule has 4 aromatic carbocycles. The minimum absolute atomic E-state index is 0.00644. The molecule has 720 valence electrons. The average Bonchev–Trinajstić information content (AvgIpc) is 0.830. The van der Waals surface area contributed by atoms with Crippen LogP contribution >= 0.6 is 73.0 Å². The molecular formula is C80H119ClF3N23O14S9. The van der Waals surface area contributed by atoms with E-state index in [0.717, 1.165) is 153 Å². The van der Waals surface area contributed by atoms with Crippen molar-refractivity contribution in [1.82, 2.24) is 69.4 Å². The third kappa shape index (κ3) is 54.2. The van der Waals surface area contributed by atoms with Crippen molar-refractivity contribution in [3.05, 3.63) is 210 Å². The summed E-state index contributed by atoms with van der Waals surface area (Å²) in [5.41, 5.74) is 5.55. The lowest BCUT2D eigenvalue weighted by molar-refractivity contribution is -0.387. The topological polar surface area (TPSA) is 507 Å². The maximum atomic E-state index is 12.8. The highest BCUT2D eigenvalue weighted by molar-refractivity contribution is 7.99. The fourth-order valence-electron chi connectivity index (χ4n) is 7.62. The monoisotopic (exact) mass is 2010 g/mol. The summed E-state index contributed by atoms with van der Waals surface area (Å²) in [4.78, 5) is 83.2. The van der Waals surface area contributed by atoms with Crippen molar-refractivity contribution in [1.29, 1.82) is 0 Å². The van der Waals surface area contributed by atoms with Crippen molar-refractivity contribution in [2.24, 2.45) is 5.73 Å². The number of carbonyl (C=O) groups is 2. The van der Waals surface area contributed by atoms with Crippen molar-refractivity contribution in [3.63, 3.8) is 0 Å². The number of aryl methyl sites for hydroxylation is 1. The van der Waals surface area contributed by atoms with Crippen molar-refractivity contribution in [3.8, 4) is 0 Å². The number of aromatic nitrogens is 8. The Balaban J connectivity index is -0.000000683. The molecule has 0 radical (unpaired) electrons. The second-order valence-corrected chi connectivity index (χ2v) is 35.8. The molecular weight excluding hydrogens is 1890 g/mol. The number of nitrogens with two attached hydrogens (primary N) is 1. The molecule has 0 saturated carbocycles. The average molecular weight is 2010 g/mol. The summed E-state index contributed by atoms with van der Waals surface area (Å²) in [6.07, 6.45) is 15.6. The predicted octanol–water partition coefficient (Wildman–Crippen LogP) is 15.9. The summed E-state index contributed by atoms with van der Waals surface area (Å²) in [5, 5.41) is 36.1. The summed E-state index contributed by atoms with van der Waals surface area (Å²) < 4.78 is 137. The number of hydrogen-bond donors (Lipinski definition) is 13. The molecule has 0 fully saturated rings. The van der Waals surface area contributed by atoms with Crippen LogP contribution in [0.15, 0.2) is 146 Å². The Morgan fingerprint density at radius 2 is 0.923 bits per heavy atom. The molecule has 50 heteroatoms. The minimum Gasteiger partial charge on any atom is -0.394 e. The highest BCUT2D eigenvalue weighted by atomic mass is 35.5. The molecule has 0 unspecified atom stereocenters. The van der Waals surface area contributed by atoms with Gasteiger partial charge in [0.05, 0.1) is 55.3 Å². The Morgan fingerprint density at radius 3 is 1.36 bits per heavy atom. The summed E-state index contributed by atoms with van der Waals surface area (Å²) in [7, 11) is -6.08. The van der Waals surface area contributed by atoms with E-state index in [0.29, 0.717) is 40.1 Å². The Bertz CT molecular complexity index is 5140. The van der Waals surface area contributed by atoms with Crippen LogP contribution in [0.2, 0.25) is 5.28 Å². The van der Waals surface area contributed by atoms with Crippen LogP contribution in [0.1, 0.15) is 154 Å². The lowest BCUT2D eigenvalue weighted by atomic mass is 10.2. The molecule has 11 N–H and O–H groups in total. The first-order valence-corrected chi connectivity index (χ1v) is 50.0. The van der Waals surface area contributed by atoms with Crippen LogP contribution in [0.5, 0.6) is 0 Å². The second kappa shape index (κ2) is 74.8. The molecule has 8 rings (SSSR count). The van der Waals surface area contributed by atoms with E-state index in [1.165, 1.54) is 116 Å². The van der Waals surface area contributed by atoms with E-state index in [-0.39, 0.29) is 53.4 Å². The maximum Gasteiger partial charge on any atom is 0.305 e. The molecule has 4 aromatic heterocycles. The third-order valence-corrected chi connectivity index (χ3v) is 23.8. The van der Waals surface area contributed by atoms with Gasteiger partial charge in [-0.1, -0.05) is 74.1 Å². The van der Waals surface area contributed by atoms with E-state index in [2.05, 4.69) is 179 Å². The largest absolute Gasteiger partial charge is 0.394 e. The number of thioether (sulfide) groups is 2. The van der Waals surface area contributed by atoms with E-state index in [1.54, 1.807) is 36.3 Å². The second-order valence-electron chi connectivity index (χ2n) is 24.4. The first-order valence-electron chi connectivity index (χ1n) is 39.8. The fourth-order valence-corrected chi connectivity index (χ4v) is 12.2. The molecule has 4 heterocycles. The van der Waals surface area contributed by atoms with E-state index in [4.69, 9.17) is 37.1 Å².